The van der Waals surface area contributed by atoms with Crippen LogP contribution < -0.4 is 0 Å². The van der Waals surface area contributed by atoms with Gasteiger partial charge in [-0.2, -0.15) is 0 Å². The lowest BCUT2D eigenvalue weighted by molar-refractivity contribution is 0.0974. The van der Waals surface area contributed by atoms with Gasteiger partial charge in [0.15, 0.2) is 23.1 Å². The van der Waals surface area contributed by atoms with Crippen LogP contribution in [0.15, 0.2) is 28.7 Å². The summed E-state index contributed by atoms with van der Waals surface area (Å²) >= 11 is 0. The number of ketones is 2. The predicted octanol–water partition coefficient (Wildman–Crippen LogP) is 2.69. The van der Waals surface area contributed by atoms with Gasteiger partial charge in [-0.3, -0.25) is 9.59 Å². The first-order valence-corrected chi connectivity index (χ1v) is 5.40. The van der Waals surface area contributed by atoms with E-state index in [4.69, 9.17) is 4.42 Å². The van der Waals surface area contributed by atoms with Gasteiger partial charge in [-0.05, 0) is 24.3 Å². The van der Waals surface area contributed by atoms with Gasteiger partial charge in [0.2, 0.25) is 23.2 Å². The standard InChI is InChI=1S/C13H4F3NO3/c14-6-2-1-5(9(15)10(6)16)13-17-11-7(18)3-4-8(19)12(11)20-13/h1-4H. The molecular formula is C13H4F3NO3. The van der Waals surface area contributed by atoms with Crippen molar-refractivity contribution in [1.29, 1.82) is 0 Å². The molecule has 0 saturated heterocycles. The van der Waals surface area contributed by atoms with Crippen LogP contribution in [-0.2, 0) is 0 Å². The van der Waals surface area contributed by atoms with Gasteiger partial charge in [-0.25, -0.2) is 18.2 Å². The van der Waals surface area contributed by atoms with E-state index in [1.165, 1.54) is 0 Å². The number of rotatable bonds is 1. The van der Waals surface area contributed by atoms with E-state index in [0.29, 0.717) is 6.07 Å². The lowest BCUT2D eigenvalue weighted by Gasteiger charge is -2.00. The Bertz CT molecular complexity index is 757. The van der Waals surface area contributed by atoms with E-state index < -0.39 is 40.5 Å². The summed E-state index contributed by atoms with van der Waals surface area (Å²) in [5.74, 6) is -6.56. The minimum Gasteiger partial charge on any atom is -0.432 e. The third-order valence-corrected chi connectivity index (χ3v) is 2.74. The highest BCUT2D eigenvalue weighted by molar-refractivity contribution is 6.20. The van der Waals surface area contributed by atoms with Crippen molar-refractivity contribution in [2.75, 3.05) is 0 Å². The molecule has 100 valence electrons. The molecule has 1 aromatic heterocycles. The Morgan fingerprint density at radius 1 is 0.950 bits per heavy atom. The van der Waals surface area contributed by atoms with Crippen LogP contribution in [0.1, 0.15) is 21.0 Å². The van der Waals surface area contributed by atoms with Crippen molar-refractivity contribution in [3.8, 4) is 11.5 Å². The normalized spacial score (nSPS) is 13.8. The molecular weight excluding hydrogens is 275 g/mol. The Labute approximate surface area is 109 Å². The molecule has 2 aromatic rings. The number of benzene rings is 1. The summed E-state index contributed by atoms with van der Waals surface area (Å²) in [6, 6.07) is 1.60. The first-order valence-electron chi connectivity index (χ1n) is 5.40. The zero-order valence-corrected chi connectivity index (χ0v) is 9.62. The van der Waals surface area contributed by atoms with Crippen LogP contribution in [0.4, 0.5) is 13.2 Å². The molecule has 0 atom stereocenters. The maximum Gasteiger partial charge on any atom is 0.230 e. The van der Waals surface area contributed by atoms with E-state index in [9.17, 15) is 22.8 Å². The molecule has 20 heavy (non-hydrogen) atoms. The number of nitrogens with zero attached hydrogens (tertiary/aromatic N) is 1. The molecule has 1 aromatic carbocycles. The summed E-state index contributed by atoms with van der Waals surface area (Å²) in [5.41, 5.74) is -0.754. The number of oxazole rings is 1. The maximum absolute atomic E-state index is 13.6. The van der Waals surface area contributed by atoms with Crippen LogP contribution in [0.5, 0.6) is 0 Å². The number of fused-ring (bicyclic) bond motifs is 1. The van der Waals surface area contributed by atoms with E-state index >= 15 is 0 Å². The van der Waals surface area contributed by atoms with E-state index in [0.717, 1.165) is 18.2 Å². The van der Waals surface area contributed by atoms with Gasteiger partial charge in [-0.1, -0.05) is 0 Å². The van der Waals surface area contributed by atoms with Crippen molar-refractivity contribution in [3.63, 3.8) is 0 Å². The molecule has 0 fully saturated rings. The van der Waals surface area contributed by atoms with Crippen LogP contribution in [0.25, 0.3) is 11.5 Å². The Balaban J connectivity index is 2.19. The third-order valence-electron chi connectivity index (χ3n) is 2.74. The number of allylic oxidation sites excluding steroid dienone is 2. The summed E-state index contributed by atoms with van der Waals surface area (Å²) in [6.45, 7) is 0. The molecule has 0 bridgehead atoms. The first-order chi connectivity index (χ1) is 9.49. The second-order valence-electron chi connectivity index (χ2n) is 3.98. The molecule has 7 heteroatoms. The number of aromatic nitrogens is 1. The van der Waals surface area contributed by atoms with Crippen LogP contribution in [0.3, 0.4) is 0 Å². The molecule has 0 N–H and O–H groups in total. The van der Waals surface area contributed by atoms with Gasteiger partial charge in [0.1, 0.15) is 0 Å². The van der Waals surface area contributed by atoms with Gasteiger partial charge in [0.05, 0.1) is 5.56 Å². The molecule has 0 spiro atoms. The van der Waals surface area contributed by atoms with Gasteiger partial charge >= 0.3 is 0 Å². The highest BCUT2D eigenvalue weighted by Crippen LogP contribution is 2.28. The fourth-order valence-corrected chi connectivity index (χ4v) is 1.77. The quantitative estimate of drug-likeness (QED) is 0.753. The van der Waals surface area contributed by atoms with Gasteiger partial charge < -0.3 is 4.42 Å². The van der Waals surface area contributed by atoms with Crippen LogP contribution in [-0.4, -0.2) is 16.6 Å². The van der Waals surface area contributed by atoms with Crippen molar-refractivity contribution in [3.05, 3.63) is 53.2 Å². The van der Waals surface area contributed by atoms with Gasteiger partial charge in [0.25, 0.3) is 0 Å². The van der Waals surface area contributed by atoms with E-state index in [2.05, 4.69) is 4.98 Å². The molecule has 0 unspecified atom stereocenters. The third kappa shape index (κ3) is 1.67. The van der Waals surface area contributed by atoms with Crippen LogP contribution in [0.2, 0.25) is 0 Å². The smallest absolute Gasteiger partial charge is 0.230 e. The highest BCUT2D eigenvalue weighted by atomic mass is 19.2. The summed E-state index contributed by atoms with van der Waals surface area (Å²) in [7, 11) is 0. The number of halogens is 3. The van der Waals surface area contributed by atoms with Gasteiger partial charge in [-0.15, -0.1) is 0 Å². The molecule has 4 nitrogen and oxygen atoms in total. The second kappa shape index (κ2) is 4.16. The molecule has 0 amide bonds. The molecule has 0 radical (unpaired) electrons. The summed E-state index contributed by atoms with van der Waals surface area (Å²) in [6.07, 6.45) is 1.99. The summed E-state index contributed by atoms with van der Waals surface area (Å²) in [4.78, 5) is 26.6. The molecule has 1 aliphatic rings. The van der Waals surface area contributed by atoms with Crippen molar-refractivity contribution in [2.45, 2.75) is 0 Å². The largest absolute Gasteiger partial charge is 0.432 e. The lowest BCUT2D eigenvalue weighted by Crippen LogP contribution is -2.09. The van der Waals surface area contributed by atoms with Crippen molar-refractivity contribution < 1.29 is 27.2 Å². The fourth-order valence-electron chi connectivity index (χ4n) is 1.77. The number of hydrogen-bond acceptors (Lipinski definition) is 4. The van der Waals surface area contributed by atoms with Crippen LogP contribution >= 0.6 is 0 Å². The SMILES string of the molecule is O=C1C=CC(=O)c2oc(-c3ccc(F)c(F)c3F)nc21. The second-order valence-corrected chi connectivity index (χ2v) is 3.98. The monoisotopic (exact) mass is 279 g/mol. The van der Waals surface area contributed by atoms with Crippen molar-refractivity contribution in [1.82, 2.24) is 4.98 Å². The van der Waals surface area contributed by atoms with Crippen LogP contribution in [0, 0.1) is 17.5 Å². The lowest BCUT2D eigenvalue weighted by atomic mass is 10.1. The van der Waals surface area contributed by atoms with Crippen molar-refractivity contribution >= 4 is 11.6 Å². The Hall–Kier alpha value is -2.70. The minimum absolute atomic E-state index is 0.281. The molecule has 3 rings (SSSR count). The molecule has 1 heterocycles. The first kappa shape index (κ1) is 12.3. The summed E-state index contributed by atoms with van der Waals surface area (Å²) in [5, 5.41) is 0. The van der Waals surface area contributed by atoms with E-state index in [1.54, 1.807) is 0 Å². The zero-order valence-electron chi connectivity index (χ0n) is 9.62. The highest BCUT2D eigenvalue weighted by Gasteiger charge is 2.28. The Morgan fingerprint density at radius 2 is 1.65 bits per heavy atom. The molecule has 1 aliphatic carbocycles. The number of carbonyl (C=O) groups is 2. The minimum atomic E-state index is -1.69. The average molecular weight is 279 g/mol. The maximum atomic E-state index is 13.6. The topological polar surface area (TPSA) is 60.2 Å². The average Bonchev–Trinajstić information content (AvgIpc) is 2.87. The van der Waals surface area contributed by atoms with E-state index in [1.807, 2.05) is 0 Å². The molecule has 0 saturated carbocycles. The predicted molar refractivity (Wildman–Crippen MR) is 59.6 cm³/mol. The Kier molecular flexibility index (Phi) is 2.56. The number of hydrogen-bond donors (Lipinski definition) is 0. The van der Waals surface area contributed by atoms with Gasteiger partial charge in [0, 0.05) is 0 Å². The molecule has 0 aliphatic heterocycles. The Morgan fingerprint density at radius 3 is 2.35 bits per heavy atom. The zero-order chi connectivity index (χ0) is 14.4. The van der Waals surface area contributed by atoms with Crippen molar-refractivity contribution in [2.24, 2.45) is 0 Å². The summed E-state index contributed by atoms with van der Waals surface area (Å²) < 4.78 is 44.6. The number of carbonyl (C=O) groups excluding carboxylic acids is 2. The van der Waals surface area contributed by atoms with E-state index in [-0.39, 0.29) is 11.5 Å². The fraction of sp³-hybridized carbons (Fsp3) is 0.